The van der Waals surface area contributed by atoms with Crippen LogP contribution in [-0.2, 0) is 6.54 Å². The second kappa shape index (κ2) is 13.2. The summed E-state index contributed by atoms with van der Waals surface area (Å²) in [5.74, 6) is 0.300. The Balaban J connectivity index is 0.00000167. The molecule has 0 radical (unpaired) electrons. The van der Waals surface area contributed by atoms with Crippen LogP contribution in [0.25, 0.3) is 0 Å². The number of hydrogen-bond acceptors (Lipinski definition) is 4. The van der Waals surface area contributed by atoms with Crippen LogP contribution >= 0.6 is 35.1 Å². The first-order chi connectivity index (χ1) is 16.8. The number of carbonyl (C=O) groups excluding carboxylic acids is 1. The molecular formula is C27H35Cl2FN2O2S. The molecule has 1 aliphatic carbocycles. The zero-order chi connectivity index (χ0) is 25.5. The highest BCUT2D eigenvalue weighted by molar-refractivity contribution is 7.97. The number of likely N-dealkylation sites (tertiary alicyclic amines) is 1. The van der Waals surface area contributed by atoms with Crippen molar-refractivity contribution in [3.63, 3.8) is 0 Å². The minimum atomic E-state index is -0.544. The maximum atomic E-state index is 14.7. The zero-order valence-electron chi connectivity index (χ0n) is 20.9. The fourth-order valence-corrected chi connectivity index (χ4v) is 5.36. The fraction of sp³-hybridized carbons (Fsp3) is 0.519. The van der Waals surface area contributed by atoms with Gasteiger partial charge >= 0.3 is 0 Å². The predicted molar refractivity (Wildman–Crippen MR) is 145 cm³/mol. The quantitative estimate of drug-likeness (QED) is 0.348. The summed E-state index contributed by atoms with van der Waals surface area (Å²) in [5, 5.41) is 1.29. The van der Waals surface area contributed by atoms with Gasteiger partial charge in [0.2, 0.25) is 0 Å². The number of amides is 1. The molecule has 1 amide bonds. The van der Waals surface area contributed by atoms with Gasteiger partial charge in [-0.05, 0) is 73.9 Å². The molecule has 1 aliphatic heterocycles. The number of ether oxygens (including phenoxy) is 1. The highest BCUT2D eigenvalue weighted by atomic mass is 35.5. The maximum absolute atomic E-state index is 14.7. The molecule has 2 fully saturated rings. The van der Waals surface area contributed by atoms with Crippen molar-refractivity contribution in [3.8, 4) is 5.75 Å². The molecule has 2 atom stereocenters. The van der Waals surface area contributed by atoms with Crippen molar-refractivity contribution < 1.29 is 13.9 Å². The van der Waals surface area contributed by atoms with Crippen LogP contribution in [-0.4, -0.2) is 36.3 Å². The minimum Gasteiger partial charge on any atom is -0.493 e. The Labute approximate surface area is 223 Å². The minimum absolute atomic E-state index is 0.0800. The molecule has 1 heterocycles. The summed E-state index contributed by atoms with van der Waals surface area (Å²) in [6.07, 6.45) is 5.96. The van der Waals surface area contributed by atoms with Crippen molar-refractivity contribution in [2.45, 2.75) is 65.0 Å². The summed E-state index contributed by atoms with van der Waals surface area (Å²) in [5.41, 5.74) is 2.12. The van der Waals surface area contributed by atoms with E-state index in [9.17, 15) is 9.18 Å². The summed E-state index contributed by atoms with van der Waals surface area (Å²) < 4.78 is 23.5. The summed E-state index contributed by atoms with van der Waals surface area (Å²) in [6.45, 7) is 8.43. The Kier molecular flexibility index (Phi) is 10.6. The topological polar surface area (TPSA) is 41.6 Å². The Morgan fingerprint density at radius 1 is 1.11 bits per heavy atom. The first kappa shape index (κ1) is 28.1. The van der Waals surface area contributed by atoms with Gasteiger partial charge < -0.3 is 4.74 Å². The van der Waals surface area contributed by atoms with Gasteiger partial charge in [0.05, 0.1) is 12.2 Å². The highest BCUT2D eigenvalue weighted by Crippen LogP contribution is 2.45. The van der Waals surface area contributed by atoms with Crippen LogP contribution in [0.15, 0.2) is 30.3 Å². The second-order valence-corrected chi connectivity index (χ2v) is 10.6. The molecule has 0 bridgehead atoms. The molecule has 0 spiro atoms. The van der Waals surface area contributed by atoms with Gasteiger partial charge in [-0.2, -0.15) is 0 Å². The molecule has 8 heteroatoms. The van der Waals surface area contributed by atoms with Gasteiger partial charge in [-0.25, -0.2) is 4.39 Å². The van der Waals surface area contributed by atoms with Crippen molar-refractivity contribution in [1.29, 1.82) is 0 Å². The lowest BCUT2D eigenvalue weighted by Gasteiger charge is -2.38. The number of benzene rings is 2. The van der Waals surface area contributed by atoms with Crippen LogP contribution in [0.3, 0.4) is 0 Å². The first-order valence-corrected chi connectivity index (χ1v) is 14.3. The van der Waals surface area contributed by atoms with Crippen molar-refractivity contribution in [3.05, 3.63) is 62.9 Å². The van der Waals surface area contributed by atoms with E-state index in [2.05, 4.69) is 16.5 Å². The molecule has 35 heavy (non-hydrogen) atoms. The van der Waals surface area contributed by atoms with Gasteiger partial charge in [-0.15, -0.1) is 0 Å². The standard InChI is InChI=1S/C25H29Cl2FN2O2S.C2H6/c1-15-3-4-16(12-30(15)13-17-7-19(26)9-20(27)8-17)14-32-24-11-23(28)22(25(31)29-33-2)10-21(24)18-5-6-18;1-2/h7-11,15-16,18H,3-6,12-14H2,1-2H3,(H,29,31);1-2H3/t15-,16?;/m1./s1. The van der Waals surface area contributed by atoms with E-state index in [4.69, 9.17) is 27.9 Å². The van der Waals surface area contributed by atoms with E-state index in [1.807, 2.05) is 26.0 Å². The normalized spacial score (nSPS) is 20.1. The van der Waals surface area contributed by atoms with E-state index in [1.54, 1.807) is 18.4 Å². The van der Waals surface area contributed by atoms with Crippen LogP contribution in [0.4, 0.5) is 4.39 Å². The third kappa shape index (κ3) is 7.75. The summed E-state index contributed by atoms with van der Waals surface area (Å²) in [6, 6.07) is 9.17. The van der Waals surface area contributed by atoms with Gasteiger partial charge in [-0.3, -0.25) is 14.4 Å². The molecule has 1 N–H and O–H groups in total. The average Bonchev–Trinajstić information content (AvgIpc) is 3.66. The Morgan fingerprint density at radius 2 is 1.80 bits per heavy atom. The van der Waals surface area contributed by atoms with Gasteiger partial charge in [-0.1, -0.05) is 49.0 Å². The lowest BCUT2D eigenvalue weighted by Crippen LogP contribution is -2.42. The SMILES string of the molecule is CC.CSNC(=O)c1cc(C2CC2)c(OCC2CC[C@@H](C)N(Cc3cc(Cl)cc(Cl)c3)C2)cc1F. The molecule has 192 valence electrons. The lowest BCUT2D eigenvalue weighted by molar-refractivity contribution is 0.0831. The molecule has 0 aromatic heterocycles. The van der Waals surface area contributed by atoms with Crippen molar-refractivity contribution in [1.82, 2.24) is 9.62 Å². The van der Waals surface area contributed by atoms with Gasteiger partial charge in [0, 0.05) is 47.4 Å². The molecule has 2 aliphatic rings. The van der Waals surface area contributed by atoms with E-state index in [0.717, 1.165) is 61.8 Å². The third-order valence-electron chi connectivity index (χ3n) is 6.45. The average molecular weight is 542 g/mol. The number of hydrogen-bond donors (Lipinski definition) is 1. The number of nitrogens with one attached hydrogen (secondary N) is 1. The largest absolute Gasteiger partial charge is 0.493 e. The van der Waals surface area contributed by atoms with Crippen LogP contribution in [0, 0.1) is 11.7 Å². The Bertz CT molecular complexity index is 999. The van der Waals surface area contributed by atoms with Crippen molar-refractivity contribution >= 4 is 41.1 Å². The number of rotatable bonds is 8. The monoisotopic (exact) mass is 540 g/mol. The van der Waals surface area contributed by atoms with E-state index < -0.39 is 11.7 Å². The van der Waals surface area contributed by atoms with Crippen molar-refractivity contribution in [2.75, 3.05) is 19.4 Å². The van der Waals surface area contributed by atoms with Crippen LogP contribution in [0.1, 0.15) is 73.9 Å². The molecule has 1 saturated carbocycles. The van der Waals surface area contributed by atoms with Gasteiger partial charge in [0.1, 0.15) is 11.6 Å². The van der Waals surface area contributed by atoms with Crippen LogP contribution in [0.5, 0.6) is 5.75 Å². The third-order valence-corrected chi connectivity index (χ3v) is 7.27. The van der Waals surface area contributed by atoms with Gasteiger partial charge in [0.25, 0.3) is 5.91 Å². The second-order valence-electron chi connectivity index (χ2n) is 9.09. The molecule has 1 unspecified atom stereocenters. The number of halogens is 3. The Hall–Kier alpha value is -1.47. The highest BCUT2D eigenvalue weighted by Gasteiger charge is 2.31. The fourth-order valence-electron chi connectivity index (χ4n) is 4.49. The maximum Gasteiger partial charge on any atom is 0.264 e. The lowest BCUT2D eigenvalue weighted by atomic mass is 9.93. The Morgan fingerprint density at radius 3 is 2.43 bits per heavy atom. The van der Waals surface area contributed by atoms with E-state index >= 15 is 0 Å². The molecular weight excluding hydrogens is 506 g/mol. The van der Waals surface area contributed by atoms with Crippen LogP contribution < -0.4 is 9.46 Å². The zero-order valence-corrected chi connectivity index (χ0v) is 23.2. The van der Waals surface area contributed by atoms with E-state index in [0.29, 0.717) is 40.3 Å². The van der Waals surface area contributed by atoms with Crippen molar-refractivity contribution in [2.24, 2.45) is 5.92 Å². The number of nitrogens with zero attached hydrogens (tertiary/aromatic N) is 1. The predicted octanol–water partition coefficient (Wildman–Crippen LogP) is 7.72. The first-order valence-electron chi connectivity index (χ1n) is 12.3. The summed E-state index contributed by atoms with van der Waals surface area (Å²) >= 11 is 13.5. The summed E-state index contributed by atoms with van der Waals surface area (Å²) in [4.78, 5) is 14.6. The molecule has 2 aromatic carbocycles. The van der Waals surface area contributed by atoms with Crippen LogP contribution in [0.2, 0.25) is 10.0 Å². The number of carbonyl (C=O) groups is 1. The number of piperidine rings is 1. The molecule has 2 aromatic rings. The van der Waals surface area contributed by atoms with E-state index in [-0.39, 0.29) is 5.56 Å². The summed E-state index contributed by atoms with van der Waals surface area (Å²) in [7, 11) is 0. The molecule has 1 saturated heterocycles. The molecule has 4 nitrogen and oxygen atoms in total. The smallest absolute Gasteiger partial charge is 0.264 e. The van der Waals surface area contributed by atoms with Gasteiger partial charge in [0.15, 0.2) is 0 Å². The molecule has 4 rings (SSSR count). The van der Waals surface area contributed by atoms with E-state index in [1.165, 1.54) is 6.07 Å².